The van der Waals surface area contributed by atoms with Crippen LogP contribution in [0.3, 0.4) is 0 Å². The van der Waals surface area contributed by atoms with E-state index >= 15 is 0 Å². The van der Waals surface area contributed by atoms with E-state index in [0.29, 0.717) is 5.78 Å². The van der Waals surface area contributed by atoms with E-state index in [2.05, 4.69) is 135 Å². The van der Waals surface area contributed by atoms with Crippen molar-refractivity contribution in [3.05, 3.63) is 142 Å². The molecule has 2 saturated heterocycles. The van der Waals surface area contributed by atoms with E-state index in [4.69, 9.17) is 0 Å². The number of nitrogens with one attached hydrogen (secondary N) is 2. The van der Waals surface area contributed by atoms with Gasteiger partial charge in [0.1, 0.15) is 5.78 Å². The Morgan fingerprint density at radius 1 is 0.395 bits per heavy atom. The van der Waals surface area contributed by atoms with Gasteiger partial charge in [-0.25, -0.2) is 0 Å². The Labute approximate surface area is 226 Å². The quantitative estimate of drug-likeness (QED) is 0.311. The van der Waals surface area contributed by atoms with Crippen molar-refractivity contribution in [3.63, 3.8) is 0 Å². The number of carbonyl (C=O) groups excluding carboxylic acids is 1. The SMILES string of the molecule is Cc1ccc([C@H]2N[C@@H](c3ccc(C)cc3)C3C(=O)C2[C@H](c2ccc(C)cc2)N[C@H]3c2ccc(C)cc2)cc1. The molecular formula is C35H36N2O. The molecule has 2 fully saturated rings. The van der Waals surface area contributed by atoms with Crippen LogP contribution in [0, 0.1) is 39.5 Å². The van der Waals surface area contributed by atoms with Crippen LogP contribution in [0.2, 0.25) is 0 Å². The second kappa shape index (κ2) is 9.98. The fourth-order valence-corrected chi connectivity index (χ4v) is 6.38. The number of piperidine rings is 2. The molecule has 6 rings (SSSR count). The summed E-state index contributed by atoms with van der Waals surface area (Å²) < 4.78 is 0. The smallest absolute Gasteiger partial charge is 0.146 e. The molecule has 2 bridgehead atoms. The maximum absolute atomic E-state index is 14.7. The average Bonchev–Trinajstić information content (AvgIpc) is 2.91. The monoisotopic (exact) mass is 500 g/mol. The van der Waals surface area contributed by atoms with Gasteiger partial charge in [-0.3, -0.25) is 4.79 Å². The van der Waals surface area contributed by atoms with Crippen LogP contribution in [0.5, 0.6) is 0 Å². The summed E-state index contributed by atoms with van der Waals surface area (Å²) in [5.74, 6) is -0.0857. The first-order chi connectivity index (χ1) is 18.4. The third-order valence-electron chi connectivity index (χ3n) is 8.56. The van der Waals surface area contributed by atoms with Crippen molar-refractivity contribution >= 4 is 5.78 Å². The topological polar surface area (TPSA) is 41.1 Å². The molecular weight excluding hydrogens is 464 g/mol. The van der Waals surface area contributed by atoms with E-state index in [9.17, 15) is 4.79 Å². The highest BCUT2D eigenvalue weighted by Gasteiger charge is 2.55. The lowest BCUT2D eigenvalue weighted by atomic mass is 9.64. The number of benzene rings is 4. The van der Waals surface area contributed by atoms with Crippen molar-refractivity contribution in [1.82, 2.24) is 10.6 Å². The maximum Gasteiger partial charge on any atom is 0.146 e. The molecule has 0 spiro atoms. The van der Waals surface area contributed by atoms with Gasteiger partial charge in [0, 0.05) is 24.2 Å². The Hall–Kier alpha value is -3.53. The van der Waals surface area contributed by atoms with Gasteiger partial charge in [0.25, 0.3) is 0 Å². The zero-order valence-electron chi connectivity index (χ0n) is 22.6. The van der Waals surface area contributed by atoms with E-state index < -0.39 is 0 Å². The van der Waals surface area contributed by atoms with Crippen LogP contribution >= 0.6 is 0 Å². The predicted octanol–water partition coefficient (Wildman–Crippen LogP) is 7.19. The first-order valence-electron chi connectivity index (χ1n) is 13.7. The molecule has 2 unspecified atom stereocenters. The van der Waals surface area contributed by atoms with E-state index in [-0.39, 0.29) is 36.0 Å². The summed E-state index contributed by atoms with van der Waals surface area (Å²) in [4.78, 5) is 14.7. The molecule has 2 aliphatic rings. The van der Waals surface area contributed by atoms with Crippen LogP contribution in [0.15, 0.2) is 97.1 Å². The molecule has 192 valence electrons. The summed E-state index contributed by atoms with van der Waals surface area (Å²) in [5, 5.41) is 8.04. The number of hydrogen-bond acceptors (Lipinski definition) is 3. The van der Waals surface area contributed by atoms with E-state index in [0.717, 1.165) is 22.3 Å². The third-order valence-corrected chi connectivity index (χ3v) is 8.56. The molecule has 0 saturated carbocycles. The largest absolute Gasteiger partial charge is 0.302 e. The van der Waals surface area contributed by atoms with Crippen LogP contribution in [0.1, 0.15) is 68.7 Å². The molecule has 0 amide bonds. The Bertz CT molecular complexity index is 1210. The lowest BCUT2D eigenvalue weighted by Crippen LogP contribution is -2.60. The van der Waals surface area contributed by atoms with Gasteiger partial charge >= 0.3 is 0 Å². The summed E-state index contributed by atoms with van der Waals surface area (Å²) >= 11 is 0. The molecule has 6 atom stereocenters. The Morgan fingerprint density at radius 2 is 0.605 bits per heavy atom. The molecule has 2 heterocycles. The van der Waals surface area contributed by atoms with Crippen LogP contribution < -0.4 is 10.6 Å². The maximum atomic E-state index is 14.7. The van der Waals surface area contributed by atoms with Gasteiger partial charge in [0.15, 0.2) is 0 Å². The Morgan fingerprint density at radius 3 is 0.816 bits per heavy atom. The molecule has 2 aliphatic heterocycles. The molecule has 4 aromatic rings. The van der Waals surface area contributed by atoms with Gasteiger partial charge in [-0.2, -0.15) is 0 Å². The third kappa shape index (κ3) is 4.51. The zero-order valence-corrected chi connectivity index (χ0v) is 22.6. The second-order valence-electron chi connectivity index (χ2n) is 11.3. The van der Waals surface area contributed by atoms with Gasteiger partial charge < -0.3 is 10.6 Å². The minimum Gasteiger partial charge on any atom is -0.302 e. The number of fused-ring (bicyclic) bond motifs is 2. The van der Waals surface area contributed by atoms with Crippen LogP contribution in [0.25, 0.3) is 0 Å². The Balaban J connectivity index is 1.51. The lowest BCUT2D eigenvalue weighted by molar-refractivity contribution is -0.139. The molecule has 0 radical (unpaired) electrons. The van der Waals surface area contributed by atoms with E-state index in [1.807, 2.05) is 0 Å². The first kappa shape index (κ1) is 24.8. The van der Waals surface area contributed by atoms with Crippen LogP contribution in [-0.4, -0.2) is 5.78 Å². The van der Waals surface area contributed by atoms with E-state index in [1.165, 1.54) is 22.3 Å². The lowest BCUT2D eigenvalue weighted by Gasteiger charge is -2.52. The fourth-order valence-electron chi connectivity index (χ4n) is 6.38. The number of carbonyl (C=O) groups is 1. The highest BCUT2D eigenvalue weighted by atomic mass is 16.1. The van der Waals surface area contributed by atoms with Gasteiger partial charge in [-0.1, -0.05) is 119 Å². The summed E-state index contributed by atoms with van der Waals surface area (Å²) in [6, 6.07) is 34.3. The molecule has 38 heavy (non-hydrogen) atoms. The van der Waals surface area contributed by atoms with Crippen molar-refractivity contribution < 1.29 is 4.79 Å². The Kier molecular flexibility index (Phi) is 6.51. The number of ketones is 1. The molecule has 3 nitrogen and oxygen atoms in total. The summed E-state index contributed by atoms with van der Waals surface area (Å²) in [7, 11) is 0. The predicted molar refractivity (Wildman–Crippen MR) is 154 cm³/mol. The second-order valence-corrected chi connectivity index (χ2v) is 11.3. The summed E-state index contributed by atoms with van der Waals surface area (Å²) in [6.07, 6.45) is 0. The standard InChI is InChI=1S/C35H36N2O/c1-21-5-13-25(14-6-21)31-29-32(26-15-7-22(2)8-16-26)37-34(28-19-11-24(4)12-20-28)30(35(29)38)33(36-31)27-17-9-23(3)10-18-27/h5-20,29-34,36-37H,1-4H3/t29?,30?,31-,32-,33-,34+/m0/s1. The number of Topliss-reactive ketones (excluding diaryl/α,β-unsaturated/α-hetero) is 1. The normalized spacial score (nSPS) is 26.8. The van der Waals surface area contributed by atoms with Gasteiger partial charge in [-0.15, -0.1) is 0 Å². The molecule has 0 aliphatic carbocycles. The van der Waals surface area contributed by atoms with Crippen molar-refractivity contribution in [1.29, 1.82) is 0 Å². The minimum atomic E-state index is -0.214. The highest BCUT2D eigenvalue weighted by Crippen LogP contribution is 2.52. The average molecular weight is 501 g/mol. The highest BCUT2D eigenvalue weighted by molar-refractivity contribution is 5.89. The number of hydrogen-bond donors (Lipinski definition) is 2. The van der Waals surface area contributed by atoms with Gasteiger partial charge in [0.2, 0.25) is 0 Å². The number of rotatable bonds is 4. The van der Waals surface area contributed by atoms with Gasteiger partial charge in [0.05, 0.1) is 11.8 Å². The van der Waals surface area contributed by atoms with Crippen molar-refractivity contribution in [2.45, 2.75) is 51.9 Å². The first-order valence-corrected chi connectivity index (χ1v) is 13.7. The van der Waals surface area contributed by atoms with Crippen molar-refractivity contribution in [2.75, 3.05) is 0 Å². The van der Waals surface area contributed by atoms with Crippen LogP contribution in [-0.2, 0) is 4.79 Å². The summed E-state index contributed by atoms with van der Waals surface area (Å²) in [5.41, 5.74) is 9.55. The minimum absolute atomic E-state index is 0.0941. The number of aryl methyl sites for hydroxylation is 4. The van der Waals surface area contributed by atoms with Gasteiger partial charge in [-0.05, 0) is 49.9 Å². The molecule has 4 aromatic carbocycles. The molecule has 0 aromatic heterocycles. The van der Waals surface area contributed by atoms with Crippen molar-refractivity contribution in [3.8, 4) is 0 Å². The van der Waals surface area contributed by atoms with Crippen molar-refractivity contribution in [2.24, 2.45) is 11.8 Å². The summed E-state index contributed by atoms with van der Waals surface area (Å²) in [6.45, 7) is 8.44. The molecule has 3 heteroatoms. The zero-order chi connectivity index (χ0) is 26.4. The molecule has 2 N–H and O–H groups in total. The van der Waals surface area contributed by atoms with E-state index in [1.54, 1.807) is 0 Å². The fraction of sp³-hybridized carbons (Fsp3) is 0.286. The van der Waals surface area contributed by atoms with Crippen LogP contribution in [0.4, 0.5) is 0 Å².